The molecule has 0 saturated heterocycles. The zero-order valence-electron chi connectivity index (χ0n) is 8.07. The van der Waals surface area contributed by atoms with E-state index in [1.165, 1.54) is 12.3 Å². The molecule has 15 heavy (non-hydrogen) atoms. The number of aromatic nitrogens is 1. The van der Waals surface area contributed by atoms with Crippen molar-refractivity contribution in [1.29, 1.82) is 0 Å². The second-order valence-electron chi connectivity index (χ2n) is 2.74. The highest BCUT2D eigenvalue weighted by molar-refractivity contribution is 5.91. The summed E-state index contributed by atoms with van der Waals surface area (Å²) in [7, 11) is 0. The molecule has 0 bridgehead atoms. The standard InChI is InChI=1S/C9H12FN3O2/c10-7-5-12-3-1-8(7)13-9(14)6-15-4-2-11/h1,3,5H,2,4,6,11H2,(H,12,13,14). The molecule has 0 spiro atoms. The molecule has 0 fully saturated rings. The molecule has 0 unspecified atom stereocenters. The molecule has 5 nitrogen and oxygen atoms in total. The maximum Gasteiger partial charge on any atom is 0.250 e. The molecule has 3 N–H and O–H groups in total. The first-order chi connectivity index (χ1) is 7.24. The Morgan fingerprint density at radius 1 is 1.67 bits per heavy atom. The van der Waals surface area contributed by atoms with Gasteiger partial charge in [-0.15, -0.1) is 0 Å². The van der Waals surface area contributed by atoms with E-state index in [9.17, 15) is 9.18 Å². The number of nitrogens with one attached hydrogen (secondary N) is 1. The van der Waals surface area contributed by atoms with Gasteiger partial charge in [0.15, 0.2) is 5.82 Å². The third-order valence-corrected chi connectivity index (χ3v) is 1.54. The normalized spacial score (nSPS) is 10.0. The van der Waals surface area contributed by atoms with Crippen molar-refractivity contribution in [2.45, 2.75) is 0 Å². The van der Waals surface area contributed by atoms with E-state index in [-0.39, 0.29) is 12.3 Å². The van der Waals surface area contributed by atoms with E-state index in [2.05, 4.69) is 10.3 Å². The smallest absolute Gasteiger partial charge is 0.250 e. The number of pyridine rings is 1. The molecule has 0 aromatic carbocycles. The number of nitrogens with zero attached hydrogens (tertiary/aromatic N) is 1. The minimum absolute atomic E-state index is 0.0892. The Balaban J connectivity index is 2.41. The zero-order chi connectivity index (χ0) is 11.1. The maximum absolute atomic E-state index is 13.0. The Kier molecular flexibility index (Phi) is 4.65. The van der Waals surface area contributed by atoms with Gasteiger partial charge in [-0.2, -0.15) is 0 Å². The van der Waals surface area contributed by atoms with Crippen molar-refractivity contribution >= 4 is 11.6 Å². The summed E-state index contributed by atoms with van der Waals surface area (Å²) in [5.41, 5.74) is 5.26. The van der Waals surface area contributed by atoms with E-state index < -0.39 is 11.7 Å². The van der Waals surface area contributed by atoms with Crippen LogP contribution < -0.4 is 11.1 Å². The summed E-state index contributed by atoms with van der Waals surface area (Å²) in [6.45, 7) is 0.502. The lowest BCUT2D eigenvalue weighted by molar-refractivity contribution is -0.120. The van der Waals surface area contributed by atoms with Crippen molar-refractivity contribution in [3.05, 3.63) is 24.3 Å². The highest BCUT2D eigenvalue weighted by Crippen LogP contribution is 2.10. The molecule has 0 aliphatic heterocycles. The maximum atomic E-state index is 13.0. The third-order valence-electron chi connectivity index (χ3n) is 1.54. The number of halogens is 1. The predicted molar refractivity (Wildman–Crippen MR) is 52.7 cm³/mol. The first-order valence-corrected chi connectivity index (χ1v) is 4.41. The second kappa shape index (κ2) is 6.05. The van der Waals surface area contributed by atoms with Gasteiger partial charge in [0.05, 0.1) is 18.5 Å². The average molecular weight is 213 g/mol. The van der Waals surface area contributed by atoms with E-state index >= 15 is 0 Å². The molecule has 82 valence electrons. The summed E-state index contributed by atoms with van der Waals surface area (Å²) < 4.78 is 17.9. The van der Waals surface area contributed by atoms with Crippen LogP contribution in [-0.4, -0.2) is 30.6 Å². The second-order valence-corrected chi connectivity index (χ2v) is 2.74. The highest BCUT2D eigenvalue weighted by Gasteiger charge is 2.05. The van der Waals surface area contributed by atoms with Crippen molar-refractivity contribution < 1.29 is 13.9 Å². The topological polar surface area (TPSA) is 77.2 Å². The van der Waals surface area contributed by atoms with E-state index in [0.29, 0.717) is 13.2 Å². The number of anilines is 1. The largest absolute Gasteiger partial charge is 0.370 e. The quantitative estimate of drug-likeness (QED) is 0.682. The number of nitrogens with two attached hydrogens (primary N) is 1. The molecule has 1 aromatic heterocycles. The molecular weight excluding hydrogens is 201 g/mol. The van der Waals surface area contributed by atoms with Crippen LogP contribution in [0.4, 0.5) is 10.1 Å². The molecule has 0 aliphatic carbocycles. The Morgan fingerprint density at radius 2 is 2.47 bits per heavy atom. The zero-order valence-corrected chi connectivity index (χ0v) is 8.07. The summed E-state index contributed by atoms with van der Waals surface area (Å²) in [5.74, 6) is -1.00. The van der Waals surface area contributed by atoms with Gasteiger partial charge in [-0.25, -0.2) is 4.39 Å². The fraction of sp³-hybridized carbons (Fsp3) is 0.333. The Hall–Kier alpha value is -1.53. The van der Waals surface area contributed by atoms with Gasteiger partial charge >= 0.3 is 0 Å². The van der Waals surface area contributed by atoms with Gasteiger partial charge in [0.2, 0.25) is 5.91 Å². The minimum atomic E-state index is -0.579. The average Bonchev–Trinajstić information content (AvgIpc) is 2.22. The van der Waals surface area contributed by atoms with E-state index in [4.69, 9.17) is 10.5 Å². The number of amides is 1. The van der Waals surface area contributed by atoms with Gasteiger partial charge in [0.1, 0.15) is 6.61 Å². The highest BCUT2D eigenvalue weighted by atomic mass is 19.1. The van der Waals surface area contributed by atoms with Crippen molar-refractivity contribution in [3.63, 3.8) is 0 Å². The van der Waals surface area contributed by atoms with E-state index in [0.717, 1.165) is 6.20 Å². The van der Waals surface area contributed by atoms with Crippen LogP contribution in [0.25, 0.3) is 0 Å². The summed E-state index contributed by atoms with van der Waals surface area (Å²) in [6, 6.07) is 1.37. The molecule has 6 heteroatoms. The number of carbonyl (C=O) groups is 1. The van der Waals surface area contributed by atoms with Crippen molar-refractivity contribution in [3.8, 4) is 0 Å². The number of rotatable bonds is 5. The molecule has 0 saturated carbocycles. The van der Waals surface area contributed by atoms with E-state index in [1.807, 2.05) is 0 Å². The summed E-state index contributed by atoms with van der Waals surface area (Å²) in [6.07, 6.45) is 2.41. The van der Waals surface area contributed by atoms with Crippen LogP contribution in [0.1, 0.15) is 0 Å². The van der Waals surface area contributed by atoms with Crippen LogP contribution in [0.15, 0.2) is 18.5 Å². The monoisotopic (exact) mass is 213 g/mol. The fourth-order valence-corrected chi connectivity index (χ4v) is 0.911. The van der Waals surface area contributed by atoms with E-state index in [1.54, 1.807) is 0 Å². The van der Waals surface area contributed by atoms with Crippen molar-refractivity contribution in [2.24, 2.45) is 5.73 Å². The van der Waals surface area contributed by atoms with Gasteiger partial charge < -0.3 is 15.8 Å². The van der Waals surface area contributed by atoms with Crippen molar-refractivity contribution in [2.75, 3.05) is 25.1 Å². The van der Waals surface area contributed by atoms with Gasteiger partial charge in [-0.3, -0.25) is 9.78 Å². The van der Waals surface area contributed by atoms with Crippen LogP contribution in [0.2, 0.25) is 0 Å². The van der Waals surface area contributed by atoms with Crippen LogP contribution in [0.3, 0.4) is 0 Å². The minimum Gasteiger partial charge on any atom is -0.370 e. The van der Waals surface area contributed by atoms with Gasteiger partial charge in [0, 0.05) is 12.7 Å². The SMILES string of the molecule is NCCOCC(=O)Nc1ccncc1F. The molecule has 1 amide bonds. The Bertz CT molecular complexity index is 333. The van der Waals surface area contributed by atoms with Gasteiger partial charge in [-0.1, -0.05) is 0 Å². The van der Waals surface area contributed by atoms with Crippen LogP contribution >= 0.6 is 0 Å². The lowest BCUT2D eigenvalue weighted by Gasteiger charge is -2.05. The van der Waals surface area contributed by atoms with Crippen LogP contribution in [0.5, 0.6) is 0 Å². The molecule has 1 rings (SSSR count). The molecule has 0 atom stereocenters. The first kappa shape index (κ1) is 11.5. The number of hydrogen-bond donors (Lipinski definition) is 2. The lowest BCUT2D eigenvalue weighted by Crippen LogP contribution is -2.21. The van der Waals surface area contributed by atoms with Gasteiger partial charge in [0.25, 0.3) is 0 Å². The molecule has 0 aliphatic rings. The molecule has 0 radical (unpaired) electrons. The molecule has 1 heterocycles. The Morgan fingerprint density at radius 3 is 3.13 bits per heavy atom. The van der Waals surface area contributed by atoms with Crippen LogP contribution in [0, 0.1) is 5.82 Å². The number of carbonyl (C=O) groups excluding carboxylic acids is 1. The molecular formula is C9H12FN3O2. The predicted octanol–water partition coefficient (Wildman–Crippen LogP) is 0.134. The van der Waals surface area contributed by atoms with Crippen LogP contribution in [-0.2, 0) is 9.53 Å². The van der Waals surface area contributed by atoms with Crippen molar-refractivity contribution in [1.82, 2.24) is 4.98 Å². The summed E-state index contributed by atoms with van der Waals surface area (Å²) in [4.78, 5) is 14.7. The fourth-order valence-electron chi connectivity index (χ4n) is 0.911. The Labute approximate surface area is 86.4 Å². The molecule has 1 aromatic rings. The lowest BCUT2D eigenvalue weighted by atomic mass is 10.4. The summed E-state index contributed by atoms with van der Waals surface area (Å²) >= 11 is 0. The number of ether oxygens (including phenoxy) is 1. The number of hydrogen-bond acceptors (Lipinski definition) is 4. The summed E-state index contributed by atoms with van der Waals surface area (Å²) in [5, 5.41) is 2.35. The third kappa shape index (κ3) is 4.01. The van der Waals surface area contributed by atoms with Gasteiger partial charge in [-0.05, 0) is 6.07 Å². The first-order valence-electron chi connectivity index (χ1n) is 4.41.